The van der Waals surface area contributed by atoms with E-state index in [2.05, 4.69) is 49.6 Å². The first-order valence-corrected chi connectivity index (χ1v) is 10.3. The molecule has 0 aliphatic carbocycles. The van der Waals surface area contributed by atoms with Gasteiger partial charge in [0, 0.05) is 46.0 Å². The van der Waals surface area contributed by atoms with Gasteiger partial charge < -0.3 is 25.2 Å². The molecule has 3 rings (SSSR count). The fraction of sp³-hybridized carbons (Fsp3) is 0.455. The van der Waals surface area contributed by atoms with Crippen molar-refractivity contribution in [1.29, 1.82) is 0 Å². The highest BCUT2D eigenvalue weighted by molar-refractivity contribution is 5.79. The lowest BCUT2D eigenvalue weighted by molar-refractivity contribution is 0.214. The quantitative estimate of drug-likeness (QED) is 0.534. The first-order valence-electron chi connectivity index (χ1n) is 10.3. The molecule has 1 atom stereocenters. The van der Waals surface area contributed by atoms with Gasteiger partial charge in [0.05, 0.1) is 6.54 Å². The number of aliphatic imine (C=N–C) groups is 1. The summed E-state index contributed by atoms with van der Waals surface area (Å²) in [5.74, 6) is 1.57. The molecule has 2 N–H and O–H groups in total. The van der Waals surface area contributed by atoms with Crippen molar-refractivity contribution in [3.8, 4) is 5.75 Å². The van der Waals surface area contributed by atoms with Crippen LogP contribution in [0.25, 0.3) is 0 Å². The standard InChI is InChI=1S/C22H31FN6O/c1-17(30-20-7-5-4-6-19(20)23)14-26-22(24-2)27-16-18-8-9-21(25-15-18)29-12-10-28(3)11-13-29/h4-9,15,17H,10-14,16H2,1-3H3,(H2,24,26,27). The molecular formula is C22H31FN6O. The van der Waals surface area contributed by atoms with Crippen LogP contribution in [0.15, 0.2) is 47.6 Å². The number of para-hydroxylation sites is 1. The summed E-state index contributed by atoms with van der Waals surface area (Å²) in [6.45, 7) is 7.12. The number of likely N-dealkylation sites (N-methyl/N-ethyl adjacent to an activating group) is 1. The number of hydrogen-bond donors (Lipinski definition) is 2. The number of pyridine rings is 1. The molecule has 1 fully saturated rings. The number of nitrogens with zero attached hydrogens (tertiary/aromatic N) is 4. The number of rotatable bonds is 7. The van der Waals surface area contributed by atoms with Crippen molar-refractivity contribution < 1.29 is 9.13 Å². The lowest BCUT2D eigenvalue weighted by Crippen LogP contribution is -2.44. The van der Waals surface area contributed by atoms with Crippen molar-refractivity contribution in [1.82, 2.24) is 20.5 Å². The summed E-state index contributed by atoms with van der Waals surface area (Å²) < 4.78 is 19.3. The van der Waals surface area contributed by atoms with Crippen LogP contribution in [0.3, 0.4) is 0 Å². The van der Waals surface area contributed by atoms with E-state index in [9.17, 15) is 4.39 Å². The fourth-order valence-electron chi connectivity index (χ4n) is 3.19. The van der Waals surface area contributed by atoms with E-state index >= 15 is 0 Å². The highest BCUT2D eigenvalue weighted by Gasteiger charge is 2.15. The molecule has 1 aromatic carbocycles. The Morgan fingerprint density at radius 1 is 1.17 bits per heavy atom. The molecule has 2 heterocycles. The van der Waals surface area contributed by atoms with Crippen LogP contribution >= 0.6 is 0 Å². The third kappa shape index (κ3) is 6.32. The third-order valence-electron chi connectivity index (χ3n) is 5.04. The van der Waals surface area contributed by atoms with E-state index in [1.807, 2.05) is 13.1 Å². The molecule has 0 amide bonds. The minimum atomic E-state index is -0.362. The molecule has 1 aromatic heterocycles. The van der Waals surface area contributed by atoms with Gasteiger partial charge >= 0.3 is 0 Å². The summed E-state index contributed by atoms with van der Waals surface area (Å²) in [6.07, 6.45) is 1.68. The molecule has 0 radical (unpaired) electrons. The molecule has 1 aliphatic rings. The van der Waals surface area contributed by atoms with Gasteiger partial charge in [-0.3, -0.25) is 4.99 Å². The smallest absolute Gasteiger partial charge is 0.191 e. The molecule has 1 aliphatic heterocycles. The van der Waals surface area contributed by atoms with E-state index in [-0.39, 0.29) is 17.7 Å². The summed E-state index contributed by atoms with van der Waals surface area (Å²) in [4.78, 5) is 13.5. The minimum Gasteiger partial charge on any atom is -0.486 e. The van der Waals surface area contributed by atoms with Crippen LogP contribution in [0, 0.1) is 5.82 Å². The fourth-order valence-corrected chi connectivity index (χ4v) is 3.19. The Balaban J connectivity index is 1.43. The predicted molar refractivity (Wildman–Crippen MR) is 119 cm³/mol. The van der Waals surface area contributed by atoms with Gasteiger partial charge in [-0.1, -0.05) is 18.2 Å². The van der Waals surface area contributed by atoms with Crippen molar-refractivity contribution >= 4 is 11.8 Å². The Morgan fingerprint density at radius 3 is 2.60 bits per heavy atom. The van der Waals surface area contributed by atoms with Crippen LogP contribution in [-0.2, 0) is 6.54 Å². The Morgan fingerprint density at radius 2 is 1.93 bits per heavy atom. The summed E-state index contributed by atoms with van der Waals surface area (Å²) in [5.41, 5.74) is 1.08. The molecule has 0 saturated carbocycles. The number of piperazine rings is 1. The molecule has 7 nitrogen and oxygen atoms in total. The van der Waals surface area contributed by atoms with Crippen molar-refractivity contribution in [3.63, 3.8) is 0 Å². The second-order valence-corrected chi connectivity index (χ2v) is 7.48. The zero-order valence-electron chi connectivity index (χ0n) is 17.9. The van der Waals surface area contributed by atoms with Crippen LogP contribution in [0.1, 0.15) is 12.5 Å². The number of nitrogens with one attached hydrogen (secondary N) is 2. The monoisotopic (exact) mass is 414 g/mol. The molecule has 0 bridgehead atoms. The molecule has 1 saturated heterocycles. The third-order valence-corrected chi connectivity index (χ3v) is 5.04. The van der Waals surface area contributed by atoms with Gasteiger partial charge in [0.2, 0.25) is 0 Å². The van der Waals surface area contributed by atoms with E-state index in [0.717, 1.165) is 37.6 Å². The normalized spacial score (nSPS) is 16.3. The maximum Gasteiger partial charge on any atom is 0.191 e. The summed E-state index contributed by atoms with van der Waals surface area (Å²) in [7, 11) is 3.86. The van der Waals surface area contributed by atoms with Crippen LogP contribution < -0.4 is 20.3 Å². The number of benzene rings is 1. The number of aromatic nitrogens is 1. The van der Waals surface area contributed by atoms with Gasteiger partial charge in [0.1, 0.15) is 11.9 Å². The first-order chi connectivity index (χ1) is 14.5. The summed E-state index contributed by atoms with van der Waals surface area (Å²) >= 11 is 0. The van der Waals surface area contributed by atoms with E-state index in [1.165, 1.54) is 6.07 Å². The Hall–Kier alpha value is -2.87. The molecular weight excluding hydrogens is 383 g/mol. The van der Waals surface area contributed by atoms with Crippen LogP contribution in [0.2, 0.25) is 0 Å². The van der Waals surface area contributed by atoms with Gasteiger partial charge in [-0.15, -0.1) is 0 Å². The molecule has 30 heavy (non-hydrogen) atoms. The molecule has 1 unspecified atom stereocenters. The molecule has 2 aromatic rings. The molecule has 0 spiro atoms. The van der Waals surface area contributed by atoms with E-state index in [1.54, 1.807) is 25.2 Å². The Bertz CT molecular complexity index is 821. The maximum atomic E-state index is 13.7. The number of hydrogen-bond acceptors (Lipinski definition) is 5. The van der Waals surface area contributed by atoms with Gasteiger partial charge in [-0.25, -0.2) is 9.37 Å². The average Bonchev–Trinajstić information content (AvgIpc) is 2.76. The van der Waals surface area contributed by atoms with Gasteiger partial charge in [-0.05, 0) is 37.7 Å². The number of ether oxygens (including phenoxy) is 1. The van der Waals surface area contributed by atoms with Gasteiger partial charge in [-0.2, -0.15) is 0 Å². The molecule has 8 heteroatoms. The highest BCUT2D eigenvalue weighted by Crippen LogP contribution is 2.17. The van der Waals surface area contributed by atoms with E-state index in [4.69, 9.17) is 4.74 Å². The minimum absolute atomic E-state index is 0.218. The number of guanidine groups is 1. The second-order valence-electron chi connectivity index (χ2n) is 7.48. The van der Waals surface area contributed by atoms with Crippen LogP contribution in [-0.4, -0.2) is 68.8 Å². The van der Waals surface area contributed by atoms with Crippen molar-refractivity contribution in [3.05, 3.63) is 54.0 Å². The van der Waals surface area contributed by atoms with Gasteiger partial charge in [0.15, 0.2) is 17.5 Å². The van der Waals surface area contributed by atoms with E-state index < -0.39 is 0 Å². The number of halogens is 1. The largest absolute Gasteiger partial charge is 0.486 e. The Kier molecular flexibility index (Phi) is 7.84. The van der Waals surface area contributed by atoms with Crippen molar-refractivity contribution in [2.75, 3.05) is 51.7 Å². The first kappa shape index (κ1) is 21.8. The maximum absolute atomic E-state index is 13.7. The topological polar surface area (TPSA) is 65.0 Å². The zero-order valence-corrected chi connectivity index (χ0v) is 17.9. The highest BCUT2D eigenvalue weighted by atomic mass is 19.1. The van der Waals surface area contributed by atoms with E-state index in [0.29, 0.717) is 19.0 Å². The zero-order chi connectivity index (χ0) is 21.3. The Labute approximate surface area is 178 Å². The molecule has 162 valence electrons. The number of anilines is 1. The average molecular weight is 415 g/mol. The van der Waals surface area contributed by atoms with Crippen molar-refractivity contribution in [2.24, 2.45) is 4.99 Å². The van der Waals surface area contributed by atoms with Gasteiger partial charge in [0.25, 0.3) is 0 Å². The van der Waals surface area contributed by atoms with Crippen LogP contribution in [0.4, 0.5) is 10.2 Å². The second kappa shape index (κ2) is 10.8. The lowest BCUT2D eigenvalue weighted by atomic mass is 10.2. The van der Waals surface area contributed by atoms with Crippen molar-refractivity contribution in [2.45, 2.75) is 19.6 Å². The van der Waals surface area contributed by atoms with Crippen LogP contribution in [0.5, 0.6) is 5.75 Å². The summed E-state index contributed by atoms with van der Waals surface area (Å²) in [6, 6.07) is 10.6. The SMILES string of the molecule is CN=C(NCc1ccc(N2CCN(C)CC2)nc1)NCC(C)Oc1ccccc1F. The predicted octanol–water partition coefficient (Wildman–Crippen LogP) is 2.11. The summed E-state index contributed by atoms with van der Waals surface area (Å²) in [5, 5.41) is 6.47. The lowest BCUT2D eigenvalue weighted by Gasteiger charge is -2.33.